The van der Waals surface area contributed by atoms with Gasteiger partial charge in [-0.05, 0) is 35.7 Å². The van der Waals surface area contributed by atoms with Gasteiger partial charge in [-0.25, -0.2) is 4.79 Å². The minimum Gasteiger partial charge on any atom is -0.464 e. The van der Waals surface area contributed by atoms with Crippen molar-refractivity contribution in [3.8, 4) is 0 Å². The highest BCUT2D eigenvalue weighted by atomic mass is 16.5. The Morgan fingerprint density at radius 3 is 2.86 bits per heavy atom. The molecule has 0 fully saturated rings. The van der Waals surface area contributed by atoms with Crippen molar-refractivity contribution in [3.63, 3.8) is 0 Å². The van der Waals surface area contributed by atoms with Crippen LogP contribution in [0.3, 0.4) is 0 Å². The van der Waals surface area contributed by atoms with Crippen LogP contribution in [0.25, 0.3) is 0 Å². The summed E-state index contributed by atoms with van der Waals surface area (Å²) in [5.41, 5.74) is 9.47. The second-order valence-corrected chi connectivity index (χ2v) is 4.92. The summed E-state index contributed by atoms with van der Waals surface area (Å²) < 4.78 is 4.61. The Balaban J connectivity index is 1.83. The summed E-state index contributed by atoms with van der Waals surface area (Å²) in [6.07, 6.45) is 0.917. The number of fused-ring (bicyclic) bond motifs is 1. The first-order valence-corrected chi connectivity index (χ1v) is 6.72. The van der Waals surface area contributed by atoms with Crippen LogP contribution in [0.15, 0.2) is 30.3 Å². The average molecular weight is 284 g/mol. The lowest BCUT2D eigenvalue weighted by Gasteiger charge is -2.30. The van der Waals surface area contributed by atoms with Gasteiger partial charge in [-0.3, -0.25) is 0 Å². The maximum atomic E-state index is 11.4. The number of rotatable bonds is 2. The Hall–Kier alpha value is -2.63. The van der Waals surface area contributed by atoms with Gasteiger partial charge in [0.15, 0.2) is 11.5 Å². The van der Waals surface area contributed by atoms with E-state index >= 15 is 0 Å². The molecule has 108 valence electrons. The molecule has 0 radical (unpaired) electrons. The van der Waals surface area contributed by atoms with Gasteiger partial charge >= 0.3 is 5.97 Å². The van der Waals surface area contributed by atoms with Crippen molar-refractivity contribution in [3.05, 3.63) is 47.2 Å². The summed E-state index contributed by atoms with van der Waals surface area (Å²) in [4.78, 5) is 13.5. The lowest BCUT2D eigenvalue weighted by atomic mass is 9.98. The number of hydrogen-bond acceptors (Lipinski definition) is 6. The van der Waals surface area contributed by atoms with Crippen LogP contribution in [-0.2, 0) is 17.7 Å². The van der Waals surface area contributed by atoms with Gasteiger partial charge in [-0.2, -0.15) is 0 Å². The molecule has 3 rings (SSSR count). The standard InChI is InChI=1S/C15H16N4O2/c1-21-15(20)13-5-6-14(18-17-13)19-8-7-10-3-2-4-12(16)11(10)9-19/h2-6H,7-9,16H2,1H3. The van der Waals surface area contributed by atoms with Crippen LogP contribution in [-0.4, -0.2) is 29.8 Å². The molecule has 0 unspecified atom stereocenters. The molecule has 6 heteroatoms. The minimum atomic E-state index is -0.484. The second-order valence-electron chi connectivity index (χ2n) is 4.92. The van der Waals surface area contributed by atoms with Crippen molar-refractivity contribution in [2.45, 2.75) is 13.0 Å². The number of nitrogens with zero attached hydrogens (tertiary/aromatic N) is 3. The maximum Gasteiger partial charge on any atom is 0.358 e. The Kier molecular flexibility index (Phi) is 3.43. The van der Waals surface area contributed by atoms with Crippen molar-refractivity contribution in [1.29, 1.82) is 0 Å². The first-order chi connectivity index (χ1) is 10.2. The number of carbonyl (C=O) groups excluding carboxylic acids is 1. The number of nitrogens with two attached hydrogens (primary N) is 1. The van der Waals surface area contributed by atoms with E-state index in [2.05, 4.69) is 25.9 Å². The van der Waals surface area contributed by atoms with Crippen molar-refractivity contribution in [1.82, 2.24) is 10.2 Å². The fourth-order valence-corrected chi connectivity index (χ4v) is 2.51. The molecule has 2 N–H and O–H groups in total. The van der Waals surface area contributed by atoms with Gasteiger partial charge in [0.25, 0.3) is 0 Å². The molecule has 0 atom stereocenters. The molecule has 1 aromatic carbocycles. The van der Waals surface area contributed by atoms with Crippen molar-refractivity contribution >= 4 is 17.5 Å². The molecule has 21 heavy (non-hydrogen) atoms. The lowest BCUT2D eigenvalue weighted by Crippen LogP contribution is -2.31. The highest BCUT2D eigenvalue weighted by molar-refractivity contribution is 5.87. The third kappa shape index (κ3) is 2.52. The number of ether oxygens (including phenoxy) is 1. The first kappa shape index (κ1) is 13.4. The van der Waals surface area contributed by atoms with Gasteiger partial charge in [0.05, 0.1) is 7.11 Å². The highest BCUT2D eigenvalue weighted by Gasteiger charge is 2.20. The third-order valence-corrected chi connectivity index (χ3v) is 3.68. The smallest absolute Gasteiger partial charge is 0.358 e. The van der Waals surface area contributed by atoms with Crippen LogP contribution < -0.4 is 10.6 Å². The van der Waals surface area contributed by atoms with Crippen LogP contribution in [0.2, 0.25) is 0 Å². The van der Waals surface area contributed by atoms with Crippen LogP contribution in [0.4, 0.5) is 11.5 Å². The number of hydrogen-bond donors (Lipinski definition) is 1. The van der Waals surface area contributed by atoms with E-state index in [0.29, 0.717) is 6.54 Å². The summed E-state index contributed by atoms with van der Waals surface area (Å²) in [6.45, 7) is 1.55. The predicted molar refractivity (Wildman–Crippen MR) is 79.0 cm³/mol. The molecule has 0 saturated carbocycles. The predicted octanol–water partition coefficient (Wildman–Crippen LogP) is 1.41. The van der Waals surface area contributed by atoms with Gasteiger partial charge in [0, 0.05) is 18.8 Å². The Morgan fingerprint density at radius 1 is 1.29 bits per heavy atom. The van der Waals surface area contributed by atoms with E-state index in [9.17, 15) is 4.79 Å². The summed E-state index contributed by atoms with van der Waals surface area (Å²) in [5, 5.41) is 8.01. The molecule has 0 aliphatic carbocycles. The molecule has 0 saturated heterocycles. The molecule has 0 spiro atoms. The zero-order valence-corrected chi connectivity index (χ0v) is 11.7. The third-order valence-electron chi connectivity index (χ3n) is 3.68. The second kappa shape index (κ2) is 5.40. The largest absolute Gasteiger partial charge is 0.464 e. The average Bonchev–Trinajstić information content (AvgIpc) is 2.54. The molecular formula is C15H16N4O2. The van der Waals surface area contributed by atoms with Gasteiger partial charge in [-0.1, -0.05) is 12.1 Å². The fraction of sp³-hybridized carbons (Fsp3) is 0.267. The van der Waals surface area contributed by atoms with Crippen LogP contribution in [0.1, 0.15) is 21.6 Å². The minimum absolute atomic E-state index is 0.207. The zero-order valence-electron chi connectivity index (χ0n) is 11.7. The van der Waals surface area contributed by atoms with Crippen LogP contribution in [0, 0.1) is 0 Å². The number of nitrogen functional groups attached to an aromatic ring is 1. The summed E-state index contributed by atoms with van der Waals surface area (Å²) >= 11 is 0. The number of methoxy groups -OCH3 is 1. The van der Waals surface area contributed by atoms with E-state index in [1.807, 2.05) is 12.1 Å². The zero-order chi connectivity index (χ0) is 14.8. The van der Waals surface area contributed by atoms with Crippen LogP contribution >= 0.6 is 0 Å². The van der Waals surface area contributed by atoms with Crippen LogP contribution in [0.5, 0.6) is 0 Å². The molecule has 0 bridgehead atoms. The van der Waals surface area contributed by atoms with E-state index in [-0.39, 0.29) is 5.69 Å². The van der Waals surface area contributed by atoms with E-state index in [0.717, 1.165) is 30.0 Å². The number of carbonyl (C=O) groups is 1. The Bertz CT molecular complexity index is 670. The summed E-state index contributed by atoms with van der Waals surface area (Å²) in [6, 6.07) is 9.40. The SMILES string of the molecule is COC(=O)c1ccc(N2CCc3cccc(N)c3C2)nn1. The van der Waals surface area contributed by atoms with E-state index in [1.165, 1.54) is 12.7 Å². The first-order valence-electron chi connectivity index (χ1n) is 6.72. The number of anilines is 2. The van der Waals surface area contributed by atoms with Gasteiger partial charge in [0.2, 0.25) is 0 Å². The quantitative estimate of drug-likeness (QED) is 0.663. The summed E-state index contributed by atoms with van der Waals surface area (Å²) in [5.74, 6) is 0.249. The van der Waals surface area contributed by atoms with Gasteiger partial charge in [-0.15, -0.1) is 10.2 Å². The van der Waals surface area contributed by atoms with Crippen molar-refractivity contribution in [2.75, 3.05) is 24.3 Å². The molecule has 6 nitrogen and oxygen atoms in total. The van der Waals surface area contributed by atoms with Gasteiger partial charge in [0.1, 0.15) is 0 Å². The topological polar surface area (TPSA) is 81.3 Å². The fourth-order valence-electron chi connectivity index (χ4n) is 2.51. The highest BCUT2D eigenvalue weighted by Crippen LogP contribution is 2.26. The molecule has 2 heterocycles. The molecule has 0 amide bonds. The van der Waals surface area contributed by atoms with Crippen molar-refractivity contribution < 1.29 is 9.53 Å². The number of aromatic nitrogens is 2. The van der Waals surface area contributed by atoms with Gasteiger partial charge < -0.3 is 15.4 Å². The van der Waals surface area contributed by atoms with Crippen molar-refractivity contribution in [2.24, 2.45) is 0 Å². The molecule has 2 aromatic rings. The number of benzene rings is 1. The van der Waals surface area contributed by atoms with E-state index in [1.54, 1.807) is 12.1 Å². The van der Waals surface area contributed by atoms with E-state index < -0.39 is 5.97 Å². The number of esters is 1. The molecular weight excluding hydrogens is 268 g/mol. The summed E-state index contributed by atoms with van der Waals surface area (Å²) in [7, 11) is 1.32. The Morgan fingerprint density at radius 2 is 2.14 bits per heavy atom. The normalized spacial score (nSPS) is 13.7. The molecule has 1 aliphatic heterocycles. The lowest BCUT2D eigenvalue weighted by molar-refractivity contribution is 0.0592. The Labute approximate surface area is 122 Å². The molecule has 1 aromatic heterocycles. The monoisotopic (exact) mass is 284 g/mol. The maximum absolute atomic E-state index is 11.4. The molecule has 1 aliphatic rings. The van der Waals surface area contributed by atoms with E-state index in [4.69, 9.17) is 5.73 Å².